The monoisotopic (exact) mass is 135 g/mol. The highest BCUT2D eigenvalue weighted by Gasteiger charge is 1.80. The van der Waals surface area contributed by atoms with Gasteiger partial charge in [-0.05, 0) is 12.2 Å². The van der Waals surface area contributed by atoms with Crippen LogP contribution in [0, 0.1) is 0 Å². The van der Waals surface area contributed by atoms with Crippen LogP contribution in [0.5, 0.6) is 0 Å². The molecule has 52 valence electrons. The van der Waals surface area contributed by atoms with E-state index in [1.807, 2.05) is 0 Å². The molecule has 0 spiro atoms. The van der Waals surface area contributed by atoms with Gasteiger partial charge in [-0.1, -0.05) is 26.2 Å². The van der Waals surface area contributed by atoms with Gasteiger partial charge in [0, 0.05) is 0 Å². The van der Waals surface area contributed by atoms with Crippen molar-refractivity contribution in [2.45, 2.75) is 32.6 Å². The van der Waals surface area contributed by atoms with E-state index in [9.17, 15) is 0 Å². The lowest BCUT2D eigenvalue weighted by atomic mass is 10.2. The van der Waals surface area contributed by atoms with Crippen LogP contribution >= 0.6 is 12.6 Å². The Balaban J connectivity index is 0. The maximum atomic E-state index is 4.09. The Morgan fingerprint density at radius 2 is 1.75 bits per heavy atom. The third kappa shape index (κ3) is 9.58. The molecule has 0 aliphatic rings. The Morgan fingerprint density at radius 3 is 2.12 bits per heavy atom. The number of hydrogen-bond acceptors (Lipinski definition) is 2. The summed E-state index contributed by atoms with van der Waals surface area (Å²) in [6.07, 6.45) is 5.35. The zero-order valence-electron chi connectivity index (χ0n) is 5.69. The summed E-state index contributed by atoms with van der Waals surface area (Å²) in [5.74, 6) is 1.06. The van der Waals surface area contributed by atoms with Crippen molar-refractivity contribution >= 4 is 12.6 Å². The molecule has 2 heteroatoms. The average molecular weight is 135 g/mol. The molecule has 0 aromatic heterocycles. The van der Waals surface area contributed by atoms with Gasteiger partial charge in [-0.25, -0.2) is 0 Å². The van der Waals surface area contributed by atoms with E-state index in [4.69, 9.17) is 0 Å². The van der Waals surface area contributed by atoms with Gasteiger partial charge in [-0.2, -0.15) is 12.6 Å². The molecule has 1 nitrogen and oxygen atoms in total. The largest absolute Gasteiger partial charge is 0.344 e. The van der Waals surface area contributed by atoms with Crippen molar-refractivity contribution in [1.82, 2.24) is 6.15 Å². The summed E-state index contributed by atoms with van der Waals surface area (Å²) in [6, 6.07) is 0. The van der Waals surface area contributed by atoms with Gasteiger partial charge in [0.15, 0.2) is 0 Å². The third-order valence-corrected chi connectivity index (χ3v) is 1.33. The van der Waals surface area contributed by atoms with Crippen LogP contribution in [-0.4, -0.2) is 5.75 Å². The van der Waals surface area contributed by atoms with E-state index in [-0.39, 0.29) is 6.15 Å². The molecule has 0 unspecified atom stereocenters. The van der Waals surface area contributed by atoms with E-state index < -0.39 is 0 Å². The maximum Gasteiger partial charge on any atom is -0.00979 e. The first-order valence-electron chi connectivity index (χ1n) is 3.02. The van der Waals surface area contributed by atoms with Crippen LogP contribution in [0.25, 0.3) is 0 Å². The van der Waals surface area contributed by atoms with Crippen molar-refractivity contribution in [2.24, 2.45) is 0 Å². The van der Waals surface area contributed by atoms with E-state index in [1.165, 1.54) is 25.7 Å². The number of hydrogen-bond donors (Lipinski definition) is 2. The van der Waals surface area contributed by atoms with Crippen molar-refractivity contribution in [3.05, 3.63) is 0 Å². The molecule has 0 aromatic carbocycles. The quantitative estimate of drug-likeness (QED) is 0.451. The van der Waals surface area contributed by atoms with Crippen LogP contribution in [0.1, 0.15) is 32.6 Å². The second-order valence-corrected chi connectivity index (χ2v) is 2.23. The average Bonchev–Trinajstić information content (AvgIpc) is 1.69. The smallest absolute Gasteiger partial charge is 0.00979 e. The van der Waals surface area contributed by atoms with E-state index in [0.717, 1.165) is 5.75 Å². The molecule has 3 N–H and O–H groups in total. The number of thiol groups is 1. The van der Waals surface area contributed by atoms with Crippen molar-refractivity contribution in [3.8, 4) is 0 Å². The first-order chi connectivity index (χ1) is 3.41. The van der Waals surface area contributed by atoms with Gasteiger partial charge < -0.3 is 6.15 Å². The predicted molar refractivity (Wildman–Crippen MR) is 43.0 cm³/mol. The molecular weight excluding hydrogens is 118 g/mol. The molecule has 0 rings (SSSR count). The minimum atomic E-state index is 0. The molecule has 0 atom stereocenters. The molecule has 0 saturated carbocycles. The standard InChI is InChI=1S/C6H14S.H3N/c1-2-3-4-5-6-7;/h7H,2-6H2,1H3;1H3. The number of rotatable bonds is 4. The van der Waals surface area contributed by atoms with Gasteiger partial charge >= 0.3 is 0 Å². The molecule has 0 aliphatic carbocycles. The SMILES string of the molecule is CCCCCCS.N. The highest BCUT2D eigenvalue weighted by molar-refractivity contribution is 7.80. The van der Waals surface area contributed by atoms with Gasteiger partial charge in [0.2, 0.25) is 0 Å². The zero-order chi connectivity index (χ0) is 5.54. The van der Waals surface area contributed by atoms with Crippen LogP contribution in [0.2, 0.25) is 0 Å². The molecule has 0 aliphatic heterocycles. The van der Waals surface area contributed by atoms with E-state index in [1.54, 1.807) is 0 Å². The van der Waals surface area contributed by atoms with E-state index in [2.05, 4.69) is 19.6 Å². The summed E-state index contributed by atoms with van der Waals surface area (Å²) in [4.78, 5) is 0. The maximum absolute atomic E-state index is 4.09. The number of unbranched alkanes of at least 4 members (excludes halogenated alkanes) is 3. The normalized spacial score (nSPS) is 8.25. The molecule has 0 aromatic rings. The first kappa shape index (κ1) is 11.2. The van der Waals surface area contributed by atoms with Gasteiger partial charge in [0.1, 0.15) is 0 Å². The third-order valence-electron chi connectivity index (χ3n) is 1.01. The van der Waals surface area contributed by atoms with Gasteiger partial charge in [0.25, 0.3) is 0 Å². The van der Waals surface area contributed by atoms with Gasteiger partial charge in [-0.3, -0.25) is 0 Å². The van der Waals surface area contributed by atoms with Crippen LogP contribution < -0.4 is 6.15 Å². The summed E-state index contributed by atoms with van der Waals surface area (Å²) < 4.78 is 0. The molecule has 0 heterocycles. The fourth-order valence-electron chi connectivity index (χ4n) is 0.539. The predicted octanol–water partition coefficient (Wildman–Crippen LogP) is 2.66. The Labute approximate surface area is 57.9 Å². The highest BCUT2D eigenvalue weighted by atomic mass is 32.1. The minimum absolute atomic E-state index is 0. The Bertz CT molecular complexity index is 27.7. The lowest BCUT2D eigenvalue weighted by Crippen LogP contribution is -1.74. The summed E-state index contributed by atoms with van der Waals surface area (Å²) in [7, 11) is 0. The second kappa shape index (κ2) is 10.3. The topological polar surface area (TPSA) is 35.0 Å². The molecular formula is C6H17NS. The Morgan fingerprint density at radius 1 is 1.12 bits per heavy atom. The second-order valence-electron chi connectivity index (χ2n) is 1.78. The van der Waals surface area contributed by atoms with Crippen LogP contribution in [0.4, 0.5) is 0 Å². The van der Waals surface area contributed by atoms with Crippen molar-refractivity contribution in [1.29, 1.82) is 0 Å². The molecule has 0 bridgehead atoms. The van der Waals surface area contributed by atoms with Gasteiger partial charge in [0.05, 0.1) is 0 Å². The van der Waals surface area contributed by atoms with Crippen LogP contribution in [0.3, 0.4) is 0 Å². The van der Waals surface area contributed by atoms with Crippen molar-refractivity contribution in [3.63, 3.8) is 0 Å². The molecule has 8 heavy (non-hydrogen) atoms. The zero-order valence-corrected chi connectivity index (χ0v) is 6.58. The van der Waals surface area contributed by atoms with Crippen LogP contribution in [0.15, 0.2) is 0 Å². The highest BCUT2D eigenvalue weighted by Crippen LogP contribution is 1.98. The van der Waals surface area contributed by atoms with E-state index in [0.29, 0.717) is 0 Å². The first-order valence-corrected chi connectivity index (χ1v) is 3.66. The van der Waals surface area contributed by atoms with E-state index >= 15 is 0 Å². The lowest BCUT2D eigenvalue weighted by Gasteiger charge is -1.90. The fraction of sp³-hybridized carbons (Fsp3) is 1.00. The van der Waals surface area contributed by atoms with Crippen LogP contribution in [-0.2, 0) is 0 Å². The van der Waals surface area contributed by atoms with Gasteiger partial charge in [-0.15, -0.1) is 0 Å². The Kier molecular flexibility index (Phi) is 14.4. The molecule has 0 fully saturated rings. The van der Waals surface area contributed by atoms with Crippen molar-refractivity contribution in [2.75, 3.05) is 5.75 Å². The summed E-state index contributed by atoms with van der Waals surface area (Å²) in [6.45, 7) is 2.22. The summed E-state index contributed by atoms with van der Waals surface area (Å²) in [5.41, 5.74) is 0. The Hall–Kier alpha value is 0.310. The molecule has 0 radical (unpaired) electrons. The lowest BCUT2D eigenvalue weighted by molar-refractivity contribution is 0.707. The molecule has 0 amide bonds. The molecule has 0 saturated heterocycles. The minimum Gasteiger partial charge on any atom is -0.344 e. The fourth-order valence-corrected chi connectivity index (χ4v) is 0.762. The summed E-state index contributed by atoms with van der Waals surface area (Å²) in [5, 5.41) is 0. The summed E-state index contributed by atoms with van der Waals surface area (Å²) >= 11 is 4.09. The van der Waals surface area contributed by atoms with Crippen molar-refractivity contribution < 1.29 is 0 Å².